The van der Waals surface area contributed by atoms with E-state index in [1.807, 2.05) is 12.1 Å². The van der Waals surface area contributed by atoms with Gasteiger partial charge in [0.2, 0.25) is 0 Å². The van der Waals surface area contributed by atoms with Crippen LogP contribution in [0.25, 0.3) is 11.0 Å². The van der Waals surface area contributed by atoms with E-state index in [9.17, 15) is 9.59 Å². The SMILES string of the molecule is C=CC(=O)OCCCCCOc1cc(=O)oc2ccccc12. The first-order valence-electron chi connectivity index (χ1n) is 7.15. The van der Waals surface area contributed by atoms with Crippen molar-refractivity contribution in [3.8, 4) is 5.75 Å². The molecule has 2 rings (SSSR count). The van der Waals surface area contributed by atoms with Crippen molar-refractivity contribution in [1.82, 2.24) is 0 Å². The number of carbonyl (C=O) groups excluding carboxylic acids is 1. The first-order valence-corrected chi connectivity index (χ1v) is 7.15. The molecule has 0 aliphatic heterocycles. The molecule has 1 aromatic carbocycles. The molecule has 0 N–H and O–H groups in total. The quantitative estimate of drug-likeness (QED) is 0.324. The van der Waals surface area contributed by atoms with Gasteiger partial charge in [0.05, 0.1) is 24.7 Å². The third kappa shape index (κ3) is 4.48. The Balaban J connectivity index is 1.79. The Morgan fingerprint density at radius 2 is 1.95 bits per heavy atom. The Hall–Kier alpha value is -2.56. The number of para-hydroxylation sites is 1. The Morgan fingerprint density at radius 1 is 1.18 bits per heavy atom. The standard InChI is InChI=1S/C17H18O5/c1-2-16(18)21-11-7-3-6-10-20-15-12-17(19)22-14-9-5-4-8-13(14)15/h2,4-5,8-9,12H,1,3,6-7,10-11H2. The molecule has 2 aromatic rings. The second-order valence-electron chi connectivity index (χ2n) is 4.71. The summed E-state index contributed by atoms with van der Waals surface area (Å²) >= 11 is 0. The third-order valence-corrected chi connectivity index (χ3v) is 3.07. The molecule has 1 heterocycles. The summed E-state index contributed by atoms with van der Waals surface area (Å²) in [6, 6.07) is 8.61. The molecule has 116 valence electrons. The van der Waals surface area contributed by atoms with E-state index in [-0.39, 0.29) is 0 Å². The summed E-state index contributed by atoms with van der Waals surface area (Å²) in [5.41, 5.74) is 0.0892. The molecule has 0 unspecified atom stereocenters. The van der Waals surface area contributed by atoms with E-state index in [4.69, 9.17) is 13.9 Å². The fourth-order valence-corrected chi connectivity index (χ4v) is 2.00. The van der Waals surface area contributed by atoms with Crippen molar-refractivity contribution in [2.75, 3.05) is 13.2 Å². The number of fused-ring (bicyclic) bond motifs is 1. The normalized spacial score (nSPS) is 10.4. The second kappa shape index (κ2) is 8.02. The summed E-state index contributed by atoms with van der Waals surface area (Å²) < 4.78 is 15.6. The average Bonchev–Trinajstić information content (AvgIpc) is 2.53. The van der Waals surface area contributed by atoms with Crippen LogP contribution in [0.2, 0.25) is 0 Å². The Bertz CT molecular complexity index is 702. The molecule has 0 aliphatic carbocycles. The monoisotopic (exact) mass is 302 g/mol. The van der Waals surface area contributed by atoms with Crippen LogP contribution in [0.3, 0.4) is 0 Å². The summed E-state index contributed by atoms with van der Waals surface area (Å²) in [7, 11) is 0. The minimum atomic E-state index is -0.426. The van der Waals surface area contributed by atoms with E-state index < -0.39 is 11.6 Å². The van der Waals surface area contributed by atoms with Crippen LogP contribution in [0.1, 0.15) is 19.3 Å². The van der Waals surface area contributed by atoms with Gasteiger partial charge in [0.1, 0.15) is 11.3 Å². The molecule has 0 amide bonds. The fraction of sp³-hybridized carbons (Fsp3) is 0.294. The highest BCUT2D eigenvalue weighted by atomic mass is 16.5. The number of unbranched alkanes of at least 4 members (excludes halogenated alkanes) is 2. The predicted octanol–water partition coefficient (Wildman–Crippen LogP) is 3.07. The highest BCUT2D eigenvalue weighted by Crippen LogP contribution is 2.23. The first kappa shape index (κ1) is 15.8. The van der Waals surface area contributed by atoms with Gasteiger partial charge in [-0.05, 0) is 31.4 Å². The Morgan fingerprint density at radius 3 is 2.77 bits per heavy atom. The lowest BCUT2D eigenvalue weighted by atomic mass is 10.2. The minimum absolute atomic E-state index is 0.378. The lowest BCUT2D eigenvalue weighted by molar-refractivity contribution is -0.137. The van der Waals surface area contributed by atoms with Crippen molar-refractivity contribution in [2.24, 2.45) is 0 Å². The zero-order valence-corrected chi connectivity index (χ0v) is 12.2. The van der Waals surface area contributed by atoms with Crippen molar-refractivity contribution in [3.63, 3.8) is 0 Å². The van der Waals surface area contributed by atoms with Gasteiger partial charge in [0.15, 0.2) is 0 Å². The van der Waals surface area contributed by atoms with Gasteiger partial charge in [-0.1, -0.05) is 18.7 Å². The molecule has 1 aromatic heterocycles. The van der Waals surface area contributed by atoms with Crippen LogP contribution in [0.15, 0.2) is 52.2 Å². The van der Waals surface area contributed by atoms with Gasteiger partial charge in [-0.3, -0.25) is 0 Å². The molecule has 0 bridgehead atoms. The third-order valence-electron chi connectivity index (χ3n) is 3.07. The van der Waals surface area contributed by atoms with E-state index in [1.54, 1.807) is 12.1 Å². The van der Waals surface area contributed by atoms with Crippen molar-refractivity contribution in [3.05, 3.63) is 53.4 Å². The van der Waals surface area contributed by atoms with Crippen LogP contribution < -0.4 is 10.4 Å². The summed E-state index contributed by atoms with van der Waals surface area (Å²) in [6.07, 6.45) is 3.58. The van der Waals surface area contributed by atoms with Gasteiger partial charge in [0, 0.05) is 6.08 Å². The van der Waals surface area contributed by atoms with E-state index in [0.29, 0.717) is 24.5 Å². The highest BCUT2D eigenvalue weighted by molar-refractivity contribution is 5.82. The lowest BCUT2D eigenvalue weighted by Gasteiger charge is -2.08. The maximum Gasteiger partial charge on any atom is 0.339 e. The van der Waals surface area contributed by atoms with Gasteiger partial charge in [-0.25, -0.2) is 9.59 Å². The average molecular weight is 302 g/mol. The first-order chi connectivity index (χ1) is 10.7. The largest absolute Gasteiger partial charge is 0.493 e. The van der Waals surface area contributed by atoms with Gasteiger partial charge in [-0.2, -0.15) is 0 Å². The van der Waals surface area contributed by atoms with Gasteiger partial charge >= 0.3 is 11.6 Å². The number of hydrogen-bond acceptors (Lipinski definition) is 5. The van der Waals surface area contributed by atoms with Crippen LogP contribution in [0.4, 0.5) is 0 Å². The molecule has 0 spiro atoms. The number of carbonyl (C=O) groups is 1. The fourth-order valence-electron chi connectivity index (χ4n) is 2.00. The molecule has 5 heteroatoms. The molecule has 5 nitrogen and oxygen atoms in total. The summed E-state index contributed by atoms with van der Waals surface area (Å²) in [5, 5.41) is 0.780. The van der Waals surface area contributed by atoms with E-state index >= 15 is 0 Å². The predicted molar refractivity (Wildman–Crippen MR) is 83.0 cm³/mol. The topological polar surface area (TPSA) is 65.7 Å². The van der Waals surface area contributed by atoms with Crippen molar-refractivity contribution in [1.29, 1.82) is 0 Å². The molecule has 0 radical (unpaired) electrons. The highest BCUT2D eigenvalue weighted by Gasteiger charge is 2.05. The molecule has 0 saturated carbocycles. The van der Waals surface area contributed by atoms with Crippen molar-refractivity contribution >= 4 is 16.9 Å². The Kier molecular flexibility index (Phi) is 5.77. The van der Waals surface area contributed by atoms with Crippen LogP contribution in [0, 0.1) is 0 Å². The van der Waals surface area contributed by atoms with Crippen molar-refractivity contribution in [2.45, 2.75) is 19.3 Å². The Labute approximate surface area is 128 Å². The van der Waals surface area contributed by atoms with Gasteiger partial charge in [-0.15, -0.1) is 0 Å². The molecule has 0 aliphatic rings. The maximum atomic E-state index is 11.5. The van der Waals surface area contributed by atoms with Crippen molar-refractivity contribution < 1.29 is 18.7 Å². The number of benzene rings is 1. The van der Waals surface area contributed by atoms with Crippen LogP contribution in [-0.4, -0.2) is 19.2 Å². The van der Waals surface area contributed by atoms with E-state index in [0.717, 1.165) is 30.7 Å². The minimum Gasteiger partial charge on any atom is -0.493 e. The molecular formula is C17H18O5. The summed E-state index contributed by atoms with van der Waals surface area (Å²) in [5.74, 6) is 0.128. The number of ether oxygens (including phenoxy) is 2. The number of rotatable bonds is 8. The summed E-state index contributed by atoms with van der Waals surface area (Å²) in [4.78, 5) is 22.3. The zero-order chi connectivity index (χ0) is 15.8. The summed E-state index contributed by atoms with van der Waals surface area (Å²) in [6.45, 7) is 4.19. The van der Waals surface area contributed by atoms with Crippen LogP contribution in [-0.2, 0) is 9.53 Å². The second-order valence-corrected chi connectivity index (χ2v) is 4.71. The number of esters is 1. The smallest absolute Gasteiger partial charge is 0.339 e. The maximum absolute atomic E-state index is 11.5. The molecular weight excluding hydrogens is 284 g/mol. The molecule has 22 heavy (non-hydrogen) atoms. The van der Waals surface area contributed by atoms with Gasteiger partial charge < -0.3 is 13.9 Å². The van der Waals surface area contributed by atoms with Crippen LogP contribution >= 0.6 is 0 Å². The van der Waals surface area contributed by atoms with Gasteiger partial charge in [0.25, 0.3) is 0 Å². The molecule has 0 fully saturated rings. The van der Waals surface area contributed by atoms with Crippen LogP contribution in [0.5, 0.6) is 5.75 Å². The van der Waals surface area contributed by atoms with E-state index in [2.05, 4.69) is 6.58 Å². The number of hydrogen-bond donors (Lipinski definition) is 0. The lowest BCUT2D eigenvalue weighted by Crippen LogP contribution is -2.05. The van der Waals surface area contributed by atoms with E-state index in [1.165, 1.54) is 6.07 Å². The molecule has 0 saturated heterocycles. The zero-order valence-electron chi connectivity index (χ0n) is 12.2. The molecule has 0 atom stereocenters.